The SMILES string of the molecule is COc1cc(C2COCOC2c2ccc(O)c(OC)c2)ccc1O. The van der Waals surface area contributed by atoms with E-state index in [-0.39, 0.29) is 30.3 Å². The molecule has 0 bridgehead atoms. The Balaban J connectivity index is 1.97. The number of aromatic hydroxyl groups is 2. The Morgan fingerprint density at radius 1 is 0.917 bits per heavy atom. The summed E-state index contributed by atoms with van der Waals surface area (Å²) in [4.78, 5) is 0. The molecule has 2 N–H and O–H groups in total. The highest BCUT2D eigenvalue weighted by Crippen LogP contribution is 2.41. The maximum atomic E-state index is 9.78. The number of rotatable bonds is 4. The molecule has 24 heavy (non-hydrogen) atoms. The molecular formula is C18H20O6. The van der Waals surface area contributed by atoms with Gasteiger partial charge in [-0.25, -0.2) is 0 Å². The van der Waals surface area contributed by atoms with Crippen LogP contribution in [0.2, 0.25) is 0 Å². The molecule has 1 heterocycles. The van der Waals surface area contributed by atoms with Crippen LogP contribution in [0, 0.1) is 0 Å². The highest BCUT2D eigenvalue weighted by atomic mass is 16.7. The van der Waals surface area contributed by atoms with Crippen LogP contribution >= 0.6 is 0 Å². The molecule has 2 atom stereocenters. The van der Waals surface area contributed by atoms with E-state index in [9.17, 15) is 10.2 Å². The minimum Gasteiger partial charge on any atom is -0.504 e. The lowest BCUT2D eigenvalue weighted by Crippen LogP contribution is -2.26. The van der Waals surface area contributed by atoms with Gasteiger partial charge in [-0.3, -0.25) is 0 Å². The number of ether oxygens (including phenoxy) is 4. The van der Waals surface area contributed by atoms with Gasteiger partial charge in [-0.05, 0) is 35.4 Å². The number of hydrogen-bond donors (Lipinski definition) is 2. The number of phenols is 2. The van der Waals surface area contributed by atoms with E-state index < -0.39 is 0 Å². The zero-order valence-corrected chi connectivity index (χ0v) is 13.6. The van der Waals surface area contributed by atoms with Crippen molar-refractivity contribution in [3.63, 3.8) is 0 Å². The van der Waals surface area contributed by atoms with Crippen molar-refractivity contribution in [3.05, 3.63) is 47.5 Å². The fourth-order valence-electron chi connectivity index (χ4n) is 2.90. The van der Waals surface area contributed by atoms with Gasteiger partial charge < -0.3 is 29.2 Å². The lowest BCUT2D eigenvalue weighted by atomic mass is 9.88. The fraction of sp³-hybridized carbons (Fsp3) is 0.333. The normalized spacial score (nSPS) is 20.6. The van der Waals surface area contributed by atoms with Gasteiger partial charge in [-0.2, -0.15) is 0 Å². The van der Waals surface area contributed by atoms with E-state index in [2.05, 4.69) is 0 Å². The predicted octanol–water partition coefficient (Wildman–Crippen LogP) is 2.94. The van der Waals surface area contributed by atoms with E-state index in [1.807, 2.05) is 6.07 Å². The predicted molar refractivity (Wildman–Crippen MR) is 86.7 cm³/mol. The summed E-state index contributed by atoms with van der Waals surface area (Å²) in [5.41, 5.74) is 1.81. The molecule has 0 spiro atoms. The highest BCUT2D eigenvalue weighted by molar-refractivity contribution is 5.46. The Bertz CT molecular complexity index is 653. The van der Waals surface area contributed by atoms with Crippen molar-refractivity contribution in [3.8, 4) is 23.0 Å². The van der Waals surface area contributed by atoms with Gasteiger partial charge in [0, 0.05) is 5.92 Å². The first-order chi connectivity index (χ1) is 11.6. The number of hydrogen-bond acceptors (Lipinski definition) is 6. The first-order valence-corrected chi connectivity index (χ1v) is 7.57. The quantitative estimate of drug-likeness (QED) is 0.896. The van der Waals surface area contributed by atoms with Crippen molar-refractivity contribution in [2.24, 2.45) is 0 Å². The summed E-state index contributed by atoms with van der Waals surface area (Å²) < 4.78 is 21.6. The monoisotopic (exact) mass is 332 g/mol. The number of phenolic OH excluding ortho intramolecular Hbond substituents is 2. The summed E-state index contributed by atoms with van der Waals surface area (Å²) in [6.45, 7) is 0.668. The smallest absolute Gasteiger partial charge is 0.160 e. The lowest BCUT2D eigenvalue weighted by Gasteiger charge is -2.32. The third kappa shape index (κ3) is 3.11. The largest absolute Gasteiger partial charge is 0.504 e. The molecule has 1 saturated heterocycles. The summed E-state index contributed by atoms with van der Waals surface area (Å²) in [7, 11) is 3.01. The van der Waals surface area contributed by atoms with Crippen molar-refractivity contribution in [1.29, 1.82) is 0 Å². The molecule has 2 aromatic carbocycles. The maximum absolute atomic E-state index is 9.78. The molecule has 1 aliphatic heterocycles. The summed E-state index contributed by atoms with van der Waals surface area (Å²) in [5.74, 6) is 0.880. The first kappa shape index (κ1) is 16.4. The molecular weight excluding hydrogens is 312 g/mol. The van der Waals surface area contributed by atoms with Crippen LogP contribution in [0.3, 0.4) is 0 Å². The van der Waals surface area contributed by atoms with Gasteiger partial charge >= 0.3 is 0 Å². The molecule has 6 heteroatoms. The van der Waals surface area contributed by atoms with Gasteiger partial charge in [-0.1, -0.05) is 12.1 Å². The molecule has 0 aliphatic carbocycles. The third-order valence-corrected chi connectivity index (χ3v) is 4.16. The number of benzene rings is 2. The van der Waals surface area contributed by atoms with Gasteiger partial charge in [0.2, 0.25) is 0 Å². The second kappa shape index (κ2) is 6.98. The molecule has 1 fully saturated rings. The average molecular weight is 332 g/mol. The summed E-state index contributed by atoms with van der Waals surface area (Å²) in [6, 6.07) is 10.3. The zero-order chi connectivity index (χ0) is 17.1. The third-order valence-electron chi connectivity index (χ3n) is 4.16. The van der Waals surface area contributed by atoms with Crippen molar-refractivity contribution >= 4 is 0 Å². The summed E-state index contributed by atoms with van der Waals surface area (Å²) >= 11 is 0. The summed E-state index contributed by atoms with van der Waals surface area (Å²) in [6.07, 6.45) is -0.262. The van der Waals surface area contributed by atoms with E-state index in [1.165, 1.54) is 14.2 Å². The van der Waals surface area contributed by atoms with Crippen LogP contribution in [0.25, 0.3) is 0 Å². The minimum atomic E-state index is -0.262. The van der Waals surface area contributed by atoms with Crippen molar-refractivity contribution in [2.45, 2.75) is 12.0 Å². The molecule has 2 aromatic rings. The standard InChI is InChI=1S/C18H20O6/c1-21-16-7-11(3-5-14(16)19)13-9-23-10-24-18(13)12-4-6-15(20)17(8-12)22-2/h3-8,13,18-20H,9-10H2,1-2H3. The Kier molecular flexibility index (Phi) is 4.78. The second-order valence-corrected chi connectivity index (χ2v) is 5.54. The molecule has 0 aromatic heterocycles. The van der Waals surface area contributed by atoms with Crippen molar-refractivity contribution in [2.75, 3.05) is 27.6 Å². The average Bonchev–Trinajstić information content (AvgIpc) is 2.62. The molecule has 3 rings (SSSR count). The van der Waals surface area contributed by atoms with Gasteiger partial charge in [-0.15, -0.1) is 0 Å². The second-order valence-electron chi connectivity index (χ2n) is 5.54. The Morgan fingerprint density at radius 3 is 2.12 bits per heavy atom. The van der Waals surface area contributed by atoms with Crippen LogP contribution in [-0.2, 0) is 9.47 Å². The molecule has 2 unspecified atom stereocenters. The molecule has 6 nitrogen and oxygen atoms in total. The molecule has 0 radical (unpaired) electrons. The topological polar surface area (TPSA) is 77.4 Å². The van der Waals surface area contributed by atoms with E-state index in [0.29, 0.717) is 18.1 Å². The van der Waals surface area contributed by atoms with E-state index >= 15 is 0 Å². The van der Waals surface area contributed by atoms with E-state index in [1.54, 1.807) is 30.3 Å². The van der Waals surface area contributed by atoms with Crippen LogP contribution in [0.4, 0.5) is 0 Å². The minimum absolute atomic E-state index is 0.0798. The summed E-state index contributed by atoms with van der Waals surface area (Å²) in [5, 5.41) is 19.6. The van der Waals surface area contributed by atoms with Gasteiger partial charge in [0.15, 0.2) is 23.0 Å². The Hall–Kier alpha value is -2.44. The maximum Gasteiger partial charge on any atom is 0.160 e. The molecule has 1 aliphatic rings. The van der Waals surface area contributed by atoms with Crippen LogP contribution in [0.5, 0.6) is 23.0 Å². The molecule has 0 saturated carbocycles. The van der Waals surface area contributed by atoms with Crippen LogP contribution in [0.15, 0.2) is 36.4 Å². The Labute approximate surface area is 140 Å². The van der Waals surface area contributed by atoms with E-state index in [4.69, 9.17) is 18.9 Å². The van der Waals surface area contributed by atoms with Gasteiger partial charge in [0.1, 0.15) is 6.79 Å². The van der Waals surface area contributed by atoms with Crippen LogP contribution in [0.1, 0.15) is 23.1 Å². The van der Waals surface area contributed by atoms with E-state index in [0.717, 1.165) is 11.1 Å². The zero-order valence-electron chi connectivity index (χ0n) is 13.6. The van der Waals surface area contributed by atoms with Crippen molar-refractivity contribution in [1.82, 2.24) is 0 Å². The van der Waals surface area contributed by atoms with Gasteiger partial charge in [0.25, 0.3) is 0 Å². The van der Waals surface area contributed by atoms with Crippen molar-refractivity contribution < 1.29 is 29.2 Å². The van der Waals surface area contributed by atoms with Crippen LogP contribution < -0.4 is 9.47 Å². The highest BCUT2D eigenvalue weighted by Gasteiger charge is 2.30. The molecule has 0 amide bonds. The molecule has 128 valence electrons. The fourth-order valence-corrected chi connectivity index (χ4v) is 2.90. The van der Waals surface area contributed by atoms with Crippen LogP contribution in [-0.4, -0.2) is 37.8 Å². The first-order valence-electron chi connectivity index (χ1n) is 7.57. The Morgan fingerprint density at radius 2 is 1.50 bits per heavy atom. The number of methoxy groups -OCH3 is 2. The van der Waals surface area contributed by atoms with Gasteiger partial charge in [0.05, 0.1) is 26.9 Å². The lowest BCUT2D eigenvalue weighted by molar-refractivity contribution is -0.153.